The van der Waals surface area contributed by atoms with E-state index in [9.17, 15) is 9.36 Å². The van der Waals surface area contributed by atoms with Crippen LogP contribution in [0.5, 0.6) is 0 Å². The first kappa shape index (κ1) is 24.5. The molecule has 0 aromatic heterocycles. The van der Waals surface area contributed by atoms with Gasteiger partial charge in [-0.2, -0.15) is 0 Å². The first-order valence-electron chi connectivity index (χ1n) is 11.3. The fourth-order valence-electron chi connectivity index (χ4n) is 4.02. The quantitative estimate of drug-likeness (QED) is 0.308. The molecule has 30 heavy (non-hydrogen) atoms. The standard InChI is InChI=1S/C27H38O2P/c1-8-10-13-21(9-2)18-30(29)24-15-12-11-14-23(24)26(28)25-19(3)16-22(17-20(25)4)27(5,6)7/h11-12,14-17,21H,8-10,13,18H2,1-7H3/q+1. The number of rotatable bonds is 9. The topological polar surface area (TPSA) is 34.1 Å². The Bertz CT molecular complexity index is 882. The van der Waals surface area contributed by atoms with E-state index in [0.29, 0.717) is 22.9 Å². The maximum Gasteiger partial charge on any atom is 0.377 e. The van der Waals surface area contributed by atoms with Gasteiger partial charge in [0.25, 0.3) is 0 Å². The van der Waals surface area contributed by atoms with E-state index in [1.54, 1.807) is 0 Å². The molecule has 2 aromatic rings. The molecule has 2 unspecified atom stereocenters. The molecule has 0 aliphatic rings. The van der Waals surface area contributed by atoms with Crippen LogP contribution >= 0.6 is 7.80 Å². The van der Waals surface area contributed by atoms with Crippen LogP contribution in [0.15, 0.2) is 36.4 Å². The van der Waals surface area contributed by atoms with E-state index >= 15 is 0 Å². The van der Waals surface area contributed by atoms with Crippen molar-refractivity contribution < 1.29 is 9.36 Å². The van der Waals surface area contributed by atoms with E-state index in [0.717, 1.165) is 36.0 Å². The first-order valence-corrected chi connectivity index (χ1v) is 12.7. The summed E-state index contributed by atoms with van der Waals surface area (Å²) in [6.07, 6.45) is 5.13. The van der Waals surface area contributed by atoms with Crippen molar-refractivity contribution in [2.45, 2.75) is 79.6 Å². The largest absolute Gasteiger partial charge is 0.377 e. The molecule has 2 rings (SSSR count). The number of ketones is 1. The van der Waals surface area contributed by atoms with Crippen molar-refractivity contribution in [3.05, 3.63) is 64.2 Å². The third-order valence-electron chi connectivity index (χ3n) is 6.01. The Kier molecular flexibility index (Phi) is 8.56. The van der Waals surface area contributed by atoms with Gasteiger partial charge in [-0.05, 0) is 60.9 Å². The highest BCUT2D eigenvalue weighted by Crippen LogP contribution is 2.32. The second-order valence-corrected chi connectivity index (χ2v) is 11.2. The smallest absolute Gasteiger partial charge is 0.288 e. The summed E-state index contributed by atoms with van der Waals surface area (Å²) in [5, 5.41) is 0.714. The second kappa shape index (κ2) is 10.5. The molecule has 2 nitrogen and oxygen atoms in total. The summed E-state index contributed by atoms with van der Waals surface area (Å²) in [6.45, 7) is 14.9. The van der Waals surface area contributed by atoms with Gasteiger partial charge in [-0.25, -0.2) is 0 Å². The average Bonchev–Trinajstić information content (AvgIpc) is 2.69. The molecule has 0 radical (unpaired) electrons. The number of aryl methyl sites for hydroxylation is 2. The van der Waals surface area contributed by atoms with Gasteiger partial charge >= 0.3 is 7.80 Å². The lowest BCUT2D eigenvalue weighted by atomic mass is 9.82. The third kappa shape index (κ3) is 5.88. The lowest BCUT2D eigenvalue weighted by molar-refractivity contribution is 0.103. The molecule has 0 N–H and O–H groups in total. The van der Waals surface area contributed by atoms with Crippen LogP contribution in [-0.2, 0) is 9.98 Å². The van der Waals surface area contributed by atoms with Crippen molar-refractivity contribution in [1.82, 2.24) is 0 Å². The second-order valence-electron chi connectivity index (χ2n) is 9.56. The molecule has 162 valence electrons. The monoisotopic (exact) mass is 425 g/mol. The van der Waals surface area contributed by atoms with E-state index < -0.39 is 7.80 Å². The number of unbranched alkanes of at least 4 members (excludes halogenated alkanes) is 1. The van der Waals surface area contributed by atoms with Crippen LogP contribution in [0.4, 0.5) is 0 Å². The Labute approximate surface area is 184 Å². The highest BCUT2D eigenvalue weighted by molar-refractivity contribution is 7.53. The molecule has 0 bridgehead atoms. The number of benzene rings is 2. The van der Waals surface area contributed by atoms with Crippen molar-refractivity contribution in [2.24, 2.45) is 5.92 Å². The van der Waals surface area contributed by atoms with E-state index in [4.69, 9.17) is 0 Å². The van der Waals surface area contributed by atoms with E-state index in [1.807, 2.05) is 38.1 Å². The summed E-state index contributed by atoms with van der Waals surface area (Å²) in [6, 6.07) is 11.7. The lowest BCUT2D eigenvalue weighted by Crippen LogP contribution is -2.19. The zero-order chi connectivity index (χ0) is 22.5. The van der Waals surface area contributed by atoms with E-state index in [2.05, 4.69) is 46.8 Å². The summed E-state index contributed by atoms with van der Waals surface area (Å²) in [4.78, 5) is 13.6. The number of hydrogen-bond donors (Lipinski definition) is 0. The van der Waals surface area contributed by atoms with E-state index in [1.165, 1.54) is 12.0 Å². The van der Waals surface area contributed by atoms with Crippen molar-refractivity contribution in [3.63, 3.8) is 0 Å². The minimum absolute atomic E-state index is 0.00832. The lowest BCUT2D eigenvalue weighted by Gasteiger charge is -2.22. The van der Waals surface area contributed by atoms with Crippen molar-refractivity contribution in [1.29, 1.82) is 0 Å². The molecule has 2 atom stereocenters. The third-order valence-corrected chi connectivity index (χ3v) is 7.79. The highest BCUT2D eigenvalue weighted by atomic mass is 31.1. The zero-order valence-corrected chi connectivity index (χ0v) is 20.7. The molecule has 2 aromatic carbocycles. The first-order chi connectivity index (χ1) is 14.1. The molecule has 0 aliphatic carbocycles. The van der Waals surface area contributed by atoms with Crippen LogP contribution in [0, 0.1) is 19.8 Å². The molecule has 0 heterocycles. The summed E-state index contributed by atoms with van der Waals surface area (Å²) in [5.41, 5.74) is 4.59. The minimum atomic E-state index is -1.60. The summed E-state index contributed by atoms with van der Waals surface area (Å²) >= 11 is 0. The summed E-state index contributed by atoms with van der Waals surface area (Å²) in [7, 11) is -1.60. The van der Waals surface area contributed by atoms with Crippen LogP contribution in [0.3, 0.4) is 0 Å². The number of carbonyl (C=O) groups is 1. The van der Waals surface area contributed by atoms with E-state index in [-0.39, 0.29) is 11.2 Å². The Morgan fingerprint density at radius 2 is 1.63 bits per heavy atom. The maximum atomic E-state index is 13.6. The zero-order valence-electron chi connectivity index (χ0n) is 19.8. The predicted molar refractivity (Wildman–Crippen MR) is 130 cm³/mol. The van der Waals surface area contributed by atoms with Crippen molar-refractivity contribution >= 4 is 18.9 Å². The molecule has 0 aliphatic heterocycles. The maximum absolute atomic E-state index is 13.6. The fourth-order valence-corrected chi connectivity index (χ4v) is 5.83. The van der Waals surface area contributed by atoms with Gasteiger partial charge in [0.1, 0.15) is 0 Å². The van der Waals surface area contributed by atoms with Gasteiger partial charge in [-0.3, -0.25) is 4.79 Å². The molecular formula is C27H38O2P+. The molecule has 0 saturated heterocycles. The SMILES string of the molecule is CCCCC(CC)C[P+](=O)c1ccccc1C(=O)c1c(C)cc(C(C)(C)C)cc1C. The molecule has 0 spiro atoms. The molecule has 0 fully saturated rings. The molecular weight excluding hydrogens is 387 g/mol. The molecule has 0 amide bonds. The number of hydrogen-bond acceptors (Lipinski definition) is 2. The summed E-state index contributed by atoms with van der Waals surface area (Å²) < 4.78 is 13.3. The van der Waals surface area contributed by atoms with Gasteiger partial charge in [0.15, 0.2) is 11.9 Å². The summed E-state index contributed by atoms with van der Waals surface area (Å²) in [5.74, 6) is 0.442. The van der Waals surface area contributed by atoms with Crippen LogP contribution in [0.1, 0.15) is 92.9 Å². The van der Waals surface area contributed by atoms with Gasteiger partial charge in [-0.15, -0.1) is 0 Å². The van der Waals surface area contributed by atoms with Gasteiger partial charge < -0.3 is 0 Å². The number of carbonyl (C=O) groups excluding carboxylic acids is 1. The van der Waals surface area contributed by atoms with Crippen molar-refractivity contribution in [3.8, 4) is 0 Å². The Morgan fingerprint density at radius 3 is 2.17 bits per heavy atom. The van der Waals surface area contributed by atoms with Crippen LogP contribution in [0.25, 0.3) is 0 Å². The predicted octanol–water partition coefficient (Wildman–Crippen LogP) is 7.50. The Morgan fingerprint density at radius 1 is 1.03 bits per heavy atom. The van der Waals surface area contributed by atoms with Crippen LogP contribution in [-0.4, -0.2) is 11.9 Å². The van der Waals surface area contributed by atoms with Gasteiger partial charge in [0.2, 0.25) is 5.30 Å². The average molecular weight is 426 g/mol. The van der Waals surface area contributed by atoms with Crippen LogP contribution in [0.2, 0.25) is 0 Å². The highest BCUT2D eigenvalue weighted by Gasteiger charge is 2.31. The van der Waals surface area contributed by atoms with Gasteiger partial charge in [0, 0.05) is 11.5 Å². The minimum Gasteiger partial charge on any atom is -0.288 e. The Hall–Kier alpha value is -1.79. The van der Waals surface area contributed by atoms with Gasteiger partial charge in [0.05, 0.1) is 5.56 Å². The molecule has 3 heteroatoms. The van der Waals surface area contributed by atoms with Crippen molar-refractivity contribution in [2.75, 3.05) is 6.16 Å². The van der Waals surface area contributed by atoms with Crippen LogP contribution < -0.4 is 5.30 Å². The normalized spacial score (nSPS) is 13.2. The van der Waals surface area contributed by atoms with Gasteiger partial charge in [-0.1, -0.05) is 76.3 Å². The Balaban J connectivity index is 2.40. The fraction of sp³-hybridized carbons (Fsp3) is 0.519. The molecule has 0 saturated carbocycles.